The molecule has 1 aliphatic heterocycles. The number of likely N-dealkylation sites (tertiary alicyclic amines) is 1. The Balaban J connectivity index is 1.47. The molecule has 0 unspecified atom stereocenters. The Labute approximate surface area is 202 Å². The van der Waals surface area contributed by atoms with E-state index in [0.29, 0.717) is 12.8 Å². The highest BCUT2D eigenvalue weighted by Gasteiger charge is 2.44. The fraction of sp³-hybridized carbons (Fsp3) is 0.367. The van der Waals surface area contributed by atoms with Gasteiger partial charge in [-0.25, -0.2) is 9.18 Å². The minimum Gasteiger partial charge on any atom is -0.459 e. The molecule has 0 aromatic heterocycles. The van der Waals surface area contributed by atoms with E-state index in [2.05, 4.69) is 63.9 Å². The van der Waals surface area contributed by atoms with Gasteiger partial charge in [-0.15, -0.1) is 0 Å². The van der Waals surface area contributed by atoms with Gasteiger partial charge in [0.2, 0.25) is 0 Å². The summed E-state index contributed by atoms with van der Waals surface area (Å²) in [7, 11) is 2.10. The van der Waals surface area contributed by atoms with E-state index >= 15 is 0 Å². The zero-order valence-corrected chi connectivity index (χ0v) is 20.7. The molecule has 1 aliphatic carbocycles. The van der Waals surface area contributed by atoms with Crippen molar-refractivity contribution >= 4 is 5.97 Å². The Kier molecular flexibility index (Phi) is 6.64. The van der Waals surface area contributed by atoms with Gasteiger partial charge in [-0.1, -0.05) is 66.8 Å². The monoisotopic (exact) mass is 459 g/mol. The molecule has 3 nitrogen and oxygen atoms in total. The lowest BCUT2D eigenvalue weighted by atomic mass is 9.79. The molecule has 2 aliphatic rings. The molecule has 178 valence electrons. The topological polar surface area (TPSA) is 29.5 Å². The number of benzene rings is 2. The van der Waals surface area contributed by atoms with Crippen LogP contribution in [0.25, 0.3) is 11.1 Å². The van der Waals surface area contributed by atoms with Crippen LogP contribution in [0.4, 0.5) is 4.39 Å². The van der Waals surface area contributed by atoms with Crippen molar-refractivity contribution in [3.05, 3.63) is 95.9 Å². The highest BCUT2D eigenvalue weighted by atomic mass is 19.1. The van der Waals surface area contributed by atoms with Crippen LogP contribution in [0.3, 0.4) is 0 Å². The quantitative estimate of drug-likeness (QED) is 0.458. The predicted octanol–water partition coefficient (Wildman–Crippen LogP) is 7.07. The summed E-state index contributed by atoms with van der Waals surface area (Å²) >= 11 is 0. The molecule has 1 fully saturated rings. The largest absolute Gasteiger partial charge is 0.459 e. The van der Waals surface area contributed by atoms with Gasteiger partial charge in [0.1, 0.15) is 11.9 Å². The number of nitrogens with zero attached hydrogens (tertiary/aromatic N) is 1. The third-order valence-corrected chi connectivity index (χ3v) is 7.33. The number of carbonyl (C=O) groups excluding carboxylic acids is 1. The number of hydrogen-bond donors (Lipinski definition) is 0. The van der Waals surface area contributed by atoms with Crippen molar-refractivity contribution in [1.29, 1.82) is 0 Å². The van der Waals surface area contributed by atoms with Gasteiger partial charge in [0.05, 0.1) is 5.56 Å². The van der Waals surface area contributed by atoms with E-state index in [-0.39, 0.29) is 28.7 Å². The van der Waals surface area contributed by atoms with E-state index in [9.17, 15) is 9.18 Å². The fourth-order valence-electron chi connectivity index (χ4n) is 5.12. The lowest BCUT2D eigenvalue weighted by molar-refractivity contribution is -0.0733. The highest BCUT2D eigenvalue weighted by molar-refractivity contribution is 5.90. The van der Waals surface area contributed by atoms with Gasteiger partial charge in [-0.05, 0) is 63.6 Å². The number of rotatable bonds is 4. The van der Waals surface area contributed by atoms with Crippen LogP contribution in [-0.4, -0.2) is 35.1 Å². The summed E-state index contributed by atoms with van der Waals surface area (Å²) in [5, 5.41) is 0. The Hall–Kier alpha value is -2.98. The van der Waals surface area contributed by atoms with Gasteiger partial charge in [-0.2, -0.15) is 0 Å². The van der Waals surface area contributed by atoms with E-state index in [1.165, 1.54) is 17.7 Å². The summed E-state index contributed by atoms with van der Waals surface area (Å²) in [6, 6.07) is 12.8. The smallest absolute Gasteiger partial charge is 0.341 e. The molecule has 2 aromatic rings. The molecule has 1 heterocycles. The van der Waals surface area contributed by atoms with Crippen molar-refractivity contribution in [3.8, 4) is 11.1 Å². The first-order chi connectivity index (χ1) is 16.1. The van der Waals surface area contributed by atoms with Crippen molar-refractivity contribution in [2.75, 3.05) is 7.05 Å². The second kappa shape index (κ2) is 9.34. The van der Waals surface area contributed by atoms with Crippen molar-refractivity contribution in [2.45, 2.75) is 63.6 Å². The summed E-state index contributed by atoms with van der Waals surface area (Å²) in [5.41, 5.74) is 2.57. The van der Waals surface area contributed by atoms with Crippen LogP contribution in [0.2, 0.25) is 0 Å². The van der Waals surface area contributed by atoms with Crippen molar-refractivity contribution < 1.29 is 13.9 Å². The summed E-state index contributed by atoms with van der Waals surface area (Å²) in [6.07, 6.45) is 13.6. The molecule has 4 heteroatoms. The summed E-state index contributed by atoms with van der Waals surface area (Å²) in [4.78, 5) is 15.2. The molecule has 34 heavy (non-hydrogen) atoms. The predicted molar refractivity (Wildman–Crippen MR) is 136 cm³/mol. The minimum atomic E-state index is -0.596. The molecule has 1 saturated heterocycles. The van der Waals surface area contributed by atoms with Crippen molar-refractivity contribution in [2.24, 2.45) is 0 Å². The van der Waals surface area contributed by atoms with Crippen molar-refractivity contribution in [1.82, 2.24) is 4.90 Å². The molecule has 4 rings (SSSR count). The molecule has 0 spiro atoms. The van der Waals surface area contributed by atoms with Crippen LogP contribution in [0.1, 0.15) is 62.4 Å². The van der Waals surface area contributed by atoms with Gasteiger partial charge in [-0.3, -0.25) is 4.90 Å². The Morgan fingerprint density at radius 1 is 0.882 bits per heavy atom. The second-order valence-electron chi connectivity index (χ2n) is 10.6. The van der Waals surface area contributed by atoms with Crippen LogP contribution in [0.15, 0.2) is 78.9 Å². The van der Waals surface area contributed by atoms with E-state index in [1.54, 1.807) is 6.07 Å². The third kappa shape index (κ3) is 5.07. The average Bonchev–Trinajstić information content (AvgIpc) is 3.06. The van der Waals surface area contributed by atoms with Crippen molar-refractivity contribution in [3.63, 3.8) is 0 Å². The standard InChI is InChI=1S/C30H34FNO2/c1-29(2)19-25(20-30(3,4)32(29)5)34-28(33)26-17-16-24(18-27(26)31)23-14-12-22(13-15-23)21-10-8-6-7-9-11-21/h6-18,21,25H,19-20H2,1-5H3. The fourth-order valence-corrected chi connectivity index (χ4v) is 5.12. The second-order valence-corrected chi connectivity index (χ2v) is 10.6. The van der Waals surface area contributed by atoms with Crippen LogP contribution in [-0.2, 0) is 4.74 Å². The number of esters is 1. The number of carbonyl (C=O) groups is 1. The maximum Gasteiger partial charge on any atom is 0.341 e. The molecule has 0 bridgehead atoms. The average molecular weight is 460 g/mol. The molecule has 0 N–H and O–H groups in total. The Bertz CT molecular complexity index is 1110. The normalized spacial score (nSPS) is 20.3. The van der Waals surface area contributed by atoms with Crippen LogP contribution >= 0.6 is 0 Å². The van der Waals surface area contributed by atoms with Crippen LogP contribution in [0.5, 0.6) is 0 Å². The molecular formula is C30H34FNO2. The molecule has 0 radical (unpaired) electrons. The maximum atomic E-state index is 15.0. The zero-order valence-electron chi connectivity index (χ0n) is 20.7. The van der Waals surface area contributed by atoms with E-state index in [1.807, 2.05) is 36.4 Å². The molecule has 0 atom stereocenters. The Morgan fingerprint density at radius 3 is 2.00 bits per heavy atom. The van der Waals surface area contributed by atoms with Crippen LogP contribution in [0, 0.1) is 5.82 Å². The summed E-state index contributed by atoms with van der Waals surface area (Å²) in [5.74, 6) is -0.938. The maximum absolute atomic E-state index is 15.0. The zero-order chi connectivity index (χ0) is 24.5. The first kappa shape index (κ1) is 24.2. The van der Waals surface area contributed by atoms with Gasteiger partial charge in [0, 0.05) is 29.8 Å². The minimum absolute atomic E-state index is 0.0175. The van der Waals surface area contributed by atoms with E-state index < -0.39 is 11.8 Å². The summed E-state index contributed by atoms with van der Waals surface area (Å²) in [6.45, 7) is 8.59. The van der Waals surface area contributed by atoms with E-state index in [0.717, 1.165) is 11.1 Å². The van der Waals surface area contributed by atoms with Gasteiger partial charge >= 0.3 is 5.97 Å². The third-order valence-electron chi connectivity index (χ3n) is 7.33. The van der Waals surface area contributed by atoms with Gasteiger partial charge in [0.25, 0.3) is 0 Å². The molecule has 2 aromatic carbocycles. The lowest BCUT2D eigenvalue weighted by Crippen LogP contribution is -2.60. The number of ether oxygens (including phenoxy) is 1. The lowest BCUT2D eigenvalue weighted by Gasteiger charge is -2.53. The number of allylic oxidation sites excluding steroid dienone is 6. The first-order valence-electron chi connectivity index (χ1n) is 11.9. The highest BCUT2D eigenvalue weighted by Crippen LogP contribution is 2.38. The first-order valence-corrected chi connectivity index (χ1v) is 11.9. The summed E-state index contributed by atoms with van der Waals surface area (Å²) < 4.78 is 20.8. The SMILES string of the molecule is CN1C(C)(C)CC(OC(=O)c2ccc(-c3ccc(C4C=CC=CC=C4)cc3)cc2F)CC1(C)C. The number of piperidine rings is 1. The Morgan fingerprint density at radius 2 is 1.44 bits per heavy atom. The van der Waals surface area contributed by atoms with E-state index in [4.69, 9.17) is 4.74 Å². The number of halogens is 1. The van der Waals surface area contributed by atoms with Crippen LogP contribution < -0.4 is 0 Å². The molecule has 0 amide bonds. The van der Waals surface area contributed by atoms with Gasteiger partial charge in [0.15, 0.2) is 0 Å². The number of hydrogen-bond acceptors (Lipinski definition) is 3. The van der Waals surface area contributed by atoms with Gasteiger partial charge < -0.3 is 4.74 Å². The molecule has 0 saturated carbocycles. The molecular weight excluding hydrogens is 425 g/mol.